The minimum absolute atomic E-state index is 0.0780. The Morgan fingerprint density at radius 2 is 1.82 bits per heavy atom. The number of benzene rings is 3. The zero-order valence-corrected chi connectivity index (χ0v) is 22.8. The van der Waals surface area contributed by atoms with Crippen molar-refractivity contribution in [1.82, 2.24) is 9.97 Å². The van der Waals surface area contributed by atoms with Crippen LogP contribution in [-0.4, -0.2) is 28.3 Å². The summed E-state index contributed by atoms with van der Waals surface area (Å²) in [4.78, 5) is 36.0. The molecule has 2 N–H and O–H groups in total. The number of aromatic nitrogens is 2. The largest absolute Gasteiger partial charge is 0.437 e. The molecule has 1 aliphatic heterocycles. The summed E-state index contributed by atoms with van der Waals surface area (Å²) < 4.78 is 5.90. The highest BCUT2D eigenvalue weighted by Gasteiger charge is 2.43. The quantitative estimate of drug-likeness (QED) is 0.265. The summed E-state index contributed by atoms with van der Waals surface area (Å²) in [5, 5.41) is 6.33. The number of nitrogens with zero attached hydrogens (tertiary/aromatic N) is 3. The summed E-state index contributed by atoms with van der Waals surface area (Å²) >= 11 is 6.31. The highest BCUT2D eigenvalue weighted by atomic mass is 35.5. The molecular formula is C30H28ClN5O3. The van der Waals surface area contributed by atoms with E-state index in [0.29, 0.717) is 17.9 Å². The molecule has 0 spiro atoms. The van der Waals surface area contributed by atoms with Crippen LogP contribution in [0.15, 0.2) is 72.9 Å². The predicted octanol–water partition coefficient (Wildman–Crippen LogP) is 6.87. The van der Waals surface area contributed by atoms with Gasteiger partial charge >= 0.3 is 0 Å². The number of fused-ring (bicyclic) bond motifs is 1. The molecule has 0 fully saturated rings. The SMILES string of the molecule is CCN1C(=O)C(C)(C)c2cc(Nc3ncc(Cl)c(Oc4ccc(C(=O)Nc5ccccc5C)cc4)n3)ccc21. The molecule has 2 amide bonds. The minimum Gasteiger partial charge on any atom is -0.437 e. The van der Waals surface area contributed by atoms with Crippen molar-refractivity contribution in [3.63, 3.8) is 0 Å². The molecular weight excluding hydrogens is 514 g/mol. The van der Waals surface area contributed by atoms with Crippen molar-refractivity contribution >= 4 is 46.4 Å². The first kappa shape index (κ1) is 26.2. The van der Waals surface area contributed by atoms with E-state index < -0.39 is 5.41 Å². The van der Waals surface area contributed by atoms with Gasteiger partial charge in [-0.2, -0.15) is 4.98 Å². The number of halogens is 1. The second-order valence-electron chi connectivity index (χ2n) is 9.77. The van der Waals surface area contributed by atoms with Crippen molar-refractivity contribution < 1.29 is 14.3 Å². The lowest BCUT2D eigenvalue weighted by Crippen LogP contribution is -2.35. The Kier molecular flexibility index (Phi) is 6.97. The molecule has 39 heavy (non-hydrogen) atoms. The number of hydrogen-bond acceptors (Lipinski definition) is 6. The van der Waals surface area contributed by atoms with Crippen LogP contribution in [0.5, 0.6) is 11.6 Å². The number of ether oxygens (including phenoxy) is 1. The maximum Gasteiger partial charge on any atom is 0.255 e. The van der Waals surface area contributed by atoms with Gasteiger partial charge in [0, 0.05) is 29.2 Å². The third kappa shape index (κ3) is 5.15. The van der Waals surface area contributed by atoms with Gasteiger partial charge in [-0.3, -0.25) is 9.59 Å². The summed E-state index contributed by atoms with van der Waals surface area (Å²) in [5.41, 5.74) is 4.20. The van der Waals surface area contributed by atoms with Gasteiger partial charge in [0.2, 0.25) is 17.7 Å². The molecule has 3 aromatic carbocycles. The topological polar surface area (TPSA) is 96.5 Å². The second kappa shape index (κ2) is 10.4. The molecule has 8 nitrogen and oxygen atoms in total. The summed E-state index contributed by atoms with van der Waals surface area (Å²) in [5.74, 6) is 0.780. The van der Waals surface area contributed by atoms with E-state index in [1.165, 1.54) is 6.20 Å². The van der Waals surface area contributed by atoms with Crippen LogP contribution < -0.4 is 20.3 Å². The molecule has 0 saturated heterocycles. The first-order chi connectivity index (χ1) is 18.7. The Labute approximate surface area is 232 Å². The third-order valence-corrected chi connectivity index (χ3v) is 7.01. The average Bonchev–Trinajstić information content (AvgIpc) is 3.12. The number of anilines is 4. The van der Waals surface area contributed by atoms with E-state index in [1.807, 2.05) is 70.2 Å². The van der Waals surface area contributed by atoms with Gasteiger partial charge in [-0.25, -0.2) is 4.98 Å². The lowest BCUT2D eigenvalue weighted by Gasteiger charge is -2.18. The molecule has 0 aliphatic carbocycles. The van der Waals surface area contributed by atoms with E-state index in [2.05, 4.69) is 20.6 Å². The molecule has 4 aromatic rings. The number of nitrogens with one attached hydrogen (secondary N) is 2. The molecule has 0 bridgehead atoms. The lowest BCUT2D eigenvalue weighted by atomic mass is 9.86. The molecule has 0 unspecified atom stereocenters. The van der Waals surface area contributed by atoms with Gasteiger partial charge in [-0.15, -0.1) is 0 Å². The predicted molar refractivity (Wildman–Crippen MR) is 153 cm³/mol. The standard InChI is InChI=1S/C30H28ClN5O3/c1-5-36-25-15-12-20(16-22(25)30(3,4)28(36)38)33-29-32-17-23(31)27(35-29)39-21-13-10-19(11-14-21)26(37)34-24-9-7-6-8-18(24)2/h6-17H,5H2,1-4H3,(H,34,37)(H,32,33,35). The maximum atomic E-state index is 12.8. The number of para-hydroxylation sites is 1. The molecule has 0 saturated carbocycles. The number of likely N-dealkylation sites (N-methyl/N-ethyl adjacent to an activating group) is 1. The van der Waals surface area contributed by atoms with Gasteiger partial charge in [-0.1, -0.05) is 29.8 Å². The minimum atomic E-state index is -0.624. The van der Waals surface area contributed by atoms with Gasteiger partial charge in [0.05, 0.1) is 11.6 Å². The summed E-state index contributed by atoms with van der Waals surface area (Å²) in [7, 11) is 0. The Hall–Kier alpha value is -4.43. The molecule has 0 atom stereocenters. The normalized spacial score (nSPS) is 13.7. The molecule has 9 heteroatoms. The number of aryl methyl sites for hydroxylation is 1. The Bertz CT molecular complexity index is 1570. The highest BCUT2D eigenvalue weighted by Crippen LogP contribution is 2.43. The van der Waals surface area contributed by atoms with Crippen LogP contribution in [0, 0.1) is 6.92 Å². The molecule has 1 aromatic heterocycles. The number of rotatable bonds is 7. The Balaban J connectivity index is 1.30. The molecule has 1 aliphatic rings. The molecule has 198 valence electrons. The fourth-order valence-electron chi connectivity index (χ4n) is 4.53. The Morgan fingerprint density at radius 3 is 2.54 bits per heavy atom. The van der Waals surface area contributed by atoms with Crippen LogP contribution in [0.2, 0.25) is 5.02 Å². The monoisotopic (exact) mass is 541 g/mol. The van der Waals surface area contributed by atoms with Gasteiger partial charge in [0.15, 0.2) is 0 Å². The van der Waals surface area contributed by atoms with E-state index in [0.717, 1.165) is 28.2 Å². The zero-order valence-electron chi connectivity index (χ0n) is 22.1. The van der Waals surface area contributed by atoms with E-state index in [-0.39, 0.29) is 28.7 Å². The second-order valence-corrected chi connectivity index (χ2v) is 10.2. The summed E-state index contributed by atoms with van der Waals surface area (Å²) in [6, 6.07) is 20.0. The van der Waals surface area contributed by atoms with Crippen LogP contribution in [0.4, 0.5) is 23.0 Å². The van der Waals surface area contributed by atoms with Gasteiger partial charge in [0.1, 0.15) is 10.8 Å². The third-order valence-electron chi connectivity index (χ3n) is 6.75. The van der Waals surface area contributed by atoms with Crippen molar-refractivity contribution in [3.05, 3.63) is 94.6 Å². The van der Waals surface area contributed by atoms with Gasteiger partial charge < -0.3 is 20.3 Å². The fourth-order valence-corrected chi connectivity index (χ4v) is 4.66. The summed E-state index contributed by atoms with van der Waals surface area (Å²) in [6.07, 6.45) is 1.45. The molecule has 5 rings (SSSR count). The van der Waals surface area contributed by atoms with Crippen molar-refractivity contribution in [2.75, 3.05) is 22.1 Å². The number of carbonyl (C=O) groups is 2. The molecule has 0 radical (unpaired) electrons. The van der Waals surface area contributed by atoms with Crippen LogP contribution in [0.3, 0.4) is 0 Å². The van der Waals surface area contributed by atoms with Gasteiger partial charge in [0.25, 0.3) is 5.91 Å². The molecule has 2 heterocycles. The smallest absolute Gasteiger partial charge is 0.255 e. The first-order valence-corrected chi connectivity index (χ1v) is 13.0. The van der Waals surface area contributed by atoms with E-state index >= 15 is 0 Å². The van der Waals surface area contributed by atoms with Crippen LogP contribution in [0.1, 0.15) is 42.3 Å². The zero-order chi connectivity index (χ0) is 27.7. The van der Waals surface area contributed by atoms with E-state index in [1.54, 1.807) is 29.2 Å². The number of carbonyl (C=O) groups excluding carboxylic acids is 2. The Morgan fingerprint density at radius 1 is 1.08 bits per heavy atom. The summed E-state index contributed by atoms with van der Waals surface area (Å²) in [6.45, 7) is 8.37. The van der Waals surface area contributed by atoms with Crippen molar-refractivity contribution in [2.24, 2.45) is 0 Å². The maximum absolute atomic E-state index is 12.8. The van der Waals surface area contributed by atoms with Crippen LogP contribution >= 0.6 is 11.6 Å². The number of hydrogen-bond donors (Lipinski definition) is 2. The van der Waals surface area contributed by atoms with Crippen molar-refractivity contribution in [2.45, 2.75) is 33.1 Å². The van der Waals surface area contributed by atoms with Gasteiger partial charge in [-0.05, 0) is 87.4 Å². The first-order valence-electron chi connectivity index (χ1n) is 12.6. The fraction of sp³-hybridized carbons (Fsp3) is 0.200. The highest BCUT2D eigenvalue weighted by molar-refractivity contribution is 6.31. The van der Waals surface area contributed by atoms with Crippen molar-refractivity contribution in [1.29, 1.82) is 0 Å². The van der Waals surface area contributed by atoms with E-state index in [9.17, 15) is 9.59 Å². The number of amides is 2. The van der Waals surface area contributed by atoms with Crippen LogP contribution in [-0.2, 0) is 10.2 Å². The van der Waals surface area contributed by atoms with E-state index in [4.69, 9.17) is 16.3 Å². The average molecular weight is 542 g/mol. The lowest BCUT2D eigenvalue weighted by molar-refractivity contribution is -0.122. The van der Waals surface area contributed by atoms with Crippen molar-refractivity contribution in [3.8, 4) is 11.6 Å². The van der Waals surface area contributed by atoms with Crippen LogP contribution in [0.25, 0.3) is 0 Å².